The van der Waals surface area contributed by atoms with Crippen molar-refractivity contribution in [2.75, 3.05) is 13.2 Å². The lowest BCUT2D eigenvalue weighted by molar-refractivity contribution is -0.137. The van der Waals surface area contributed by atoms with Crippen LogP contribution in [0, 0.1) is 11.3 Å². The summed E-state index contributed by atoms with van der Waals surface area (Å²) in [5, 5.41) is 8.82. The van der Waals surface area contributed by atoms with Gasteiger partial charge in [-0.1, -0.05) is 18.7 Å². The Balaban J connectivity index is 1.66. The molecule has 0 spiro atoms. The lowest BCUT2D eigenvalue weighted by Crippen LogP contribution is -2.04. The van der Waals surface area contributed by atoms with Gasteiger partial charge in [-0.3, -0.25) is 4.79 Å². The highest BCUT2D eigenvalue weighted by Crippen LogP contribution is 2.15. The van der Waals surface area contributed by atoms with E-state index in [2.05, 4.69) is 12.6 Å². The van der Waals surface area contributed by atoms with Crippen molar-refractivity contribution in [1.29, 1.82) is 5.26 Å². The van der Waals surface area contributed by atoms with Crippen LogP contribution in [0.4, 0.5) is 0 Å². The van der Waals surface area contributed by atoms with E-state index < -0.39 is 0 Å². The molecular formula is C24H25NO4. The number of carbonyl (C=O) groups is 2. The van der Waals surface area contributed by atoms with Crippen LogP contribution >= 0.6 is 0 Å². The first-order chi connectivity index (χ1) is 14.1. The highest BCUT2D eigenvalue weighted by atomic mass is 16.5. The number of carbonyl (C=O) groups excluding carboxylic acids is 2. The first-order valence-corrected chi connectivity index (χ1v) is 9.66. The number of benzene rings is 2. The van der Waals surface area contributed by atoms with Gasteiger partial charge in [-0.05, 0) is 67.6 Å². The van der Waals surface area contributed by atoms with Crippen molar-refractivity contribution < 1.29 is 19.1 Å². The minimum absolute atomic E-state index is 0.0263. The zero-order valence-corrected chi connectivity index (χ0v) is 16.4. The van der Waals surface area contributed by atoms with E-state index in [1.165, 1.54) is 6.08 Å². The van der Waals surface area contributed by atoms with Crippen LogP contribution in [0.2, 0.25) is 0 Å². The van der Waals surface area contributed by atoms with Gasteiger partial charge >= 0.3 is 5.97 Å². The average Bonchev–Trinajstić information content (AvgIpc) is 2.76. The Bertz CT molecular complexity index is 848. The van der Waals surface area contributed by atoms with Crippen molar-refractivity contribution >= 4 is 11.8 Å². The van der Waals surface area contributed by atoms with E-state index in [-0.39, 0.29) is 11.8 Å². The molecule has 2 aromatic rings. The summed E-state index contributed by atoms with van der Waals surface area (Å²) in [7, 11) is 0. The molecule has 2 rings (SSSR count). The molecule has 0 amide bonds. The molecule has 5 heteroatoms. The zero-order valence-electron chi connectivity index (χ0n) is 16.4. The maximum atomic E-state index is 12.4. The molecular weight excluding hydrogens is 366 g/mol. The summed E-state index contributed by atoms with van der Waals surface area (Å²) >= 11 is 0. The molecule has 0 saturated carbocycles. The predicted octanol–water partition coefficient (Wildman–Crippen LogP) is 4.65. The Kier molecular flexibility index (Phi) is 9.17. The fourth-order valence-electron chi connectivity index (χ4n) is 2.70. The number of hydrogen-bond acceptors (Lipinski definition) is 5. The lowest BCUT2D eigenvalue weighted by atomic mass is 10.0. The molecule has 0 aliphatic carbocycles. The third-order valence-electron chi connectivity index (χ3n) is 4.34. The third kappa shape index (κ3) is 8.02. The largest absolute Gasteiger partial charge is 0.494 e. The van der Waals surface area contributed by atoms with Gasteiger partial charge in [-0.25, -0.2) is 4.79 Å². The molecule has 2 aromatic carbocycles. The molecule has 150 valence electrons. The number of unbranched alkanes of at least 4 members (excludes halogenated alkanes) is 3. The quantitative estimate of drug-likeness (QED) is 0.228. The molecule has 29 heavy (non-hydrogen) atoms. The van der Waals surface area contributed by atoms with Crippen molar-refractivity contribution in [2.24, 2.45) is 0 Å². The zero-order chi connectivity index (χ0) is 20.9. The normalized spacial score (nSPS) is 10.0. The second-order valence-corrected chi connectivity index (χ2v) is 6.57. The summed E-state index contributed by atoms with van der Waals surface area (Å²) in [6.45, 7) is 4.37. The average molecular weight is 391 g/mol. The second kappa shape index (κ2) is 12.1. The van der Waals surface area contributed by atoms with Gasteiger partial charge in [0.25, 0.3) is 0 Å². The fourth-order valence-corrected chi connectivity index (χ4v) is 2.70. The van der Waals surface area contributed by atoms with Gasteiger partial charge in [0.2, 0.25) is 0 Å². The Hall–Kier alpha value is -3.39. The van der Waals surface area contributed by atoms with Gasteiger partial charge in [0.1, 0.15) is 5.75 Å². The van der Waals surface area contributed by atoms with Crippen LogP contribution in [0.15, 0.2) is 61.2 Å². The van der Waals surface area contributed by atoms with E-state index in [4.69, 9.17) is 14.7 Å². The fraction of sp³-hybridized carbons (Fsp3) is 0.292. The standard InChI is InChI=1S/C24H25NO4/c1-2-24(27)29-16-6-4-3-5-15-28-22-13-11-21(12-14-22)23(26)17-19-7-9-20(18-25)10-8-19/h2,7-14H,1,3-6,15-17H2. The molecule has 0 N–H and O–H groups in total. The topological polar surface area (TPSA) is 76.4 Å². The van der Waals surface area contributed by atoms with Crippen LogP contribution in [0.3, 0.4) is 0 Å². The van der Waals surface area contributed by atoms with Gasteiger partial charge in [-0.15, -0.1) is 0 Å². The SMILES string of the molecule is C=CC(=O)OCCCCCCOc1ccc(C(=O)Cc2ccc(C#N)cc2)cc1. The molecule has 0 fully saturated rings. The van der Waals surface area contributed by atoms with Crippen molar-refractivity contribution in [3.8, 4) is 11.8 Å². The van der Waals surface area contributed by atoms with Crippen LogP contribution in [0.1, 0.15) is 47.2 Å². The molecule has 0 aliphatic heterocycles. The van der Waals surface area contributed by atoms with Gasteiger partial charge in [0, 0.05) is 18.1 Å². The van der Waals surface area contributed by atoms with E-state index in [0.29, 0.717) is 30.8 Å². The minimum Gasteiger partial charge on any atom is -0.494 e. The highest BCUT2D eigenvalue weighted by molar-refractivity contribution is 5.97. The van der Waals surface area contributed by atoms with Gasteiger partial charge in [0.15, 0.2) is 5.78 Å². The maximum absolute atomic E-state index is 12.4. The van der Waals surface area contributed by atoms with Crippen LogP contribution in [-0.2, 0) is 16.0 Å². The van der Waals surface area contributed by atoms with Gasteiger partial charge in [-0.2, -0.15) is 5.26 Å². The molecule has 5 nitrogen and oxygen atoms in total. The smallest absolute Gasteiger partial charge is 0.330 e. The Morgan fingerprint density at radius 3 is 2.21 bits per heavy atom. The van der Waals surface area contributed by atoms with Crippen molar-refractivity contribution in [1.82, 2.24) is 0 Å². The summed E-state index contributed by atoms with van der Waals surface area (Å²) in [4.78, 5) is 23.3. The lowest BCUT2D eigenvalue weighted by Gasteiger charge is -2.07. The third-order valence-corrected chi connectivity index (χ3v) is 4.34. The number of nitrogens with zero attached hydrogens (tertiary/aromatic N) is 1. The van der Waals surface area contributed by atoms with E-state index >= 15 is 0 Å². The Morgan fingerprint density at radius 1 is 0.931 bits per heavy atom. The summed E-state index contributed by atoms with van der Waals surface area (Å²) in [5.41, 5.74) is 2.10. The Labute approximate surface area is 171 Å². The second-order valence-electron chi connectivity index (χ2n) is 6.57. The molecule has 0 saturated heterocycles. The van der Waals surface area contributed by atoms with Gasteiger partial charge < -0.3 is 9.47 Å². The molecule has 0 aromatic heterocycles. The van der Waals surface area contributed by atoms with Crippen LogP contribution in [0.25, 0.3) is 0 Å². The first-order valence-electron chi connectivity index (χ1n) is 9.66. The number of hydrogen-bond donors (Lipinski definition) is 0. The number of ether oxygens (including phenoxy) is 2. The summed E-state index contributed by atoms with van der Waals surface area (Å²) in [5.74, 6) is 0.380. The Morgan fingerprint density at radius 2 is 1.59 bits per heavy atom. The van der Waals surface area contributed by atoms with E-state index in [1.54, 1.807) is 48.5 Å². The number of Topliss-reactive ketones (excluding diaryl/α,β-unsaturated/α-hetero) is 1. The minimum atomic E-state index is -0.382. The van der Waals surface area contributed by atoms with Gasteiger partial charge in [0.05, 0.1) is 24.8 Å². The molecule has 0 aliphatic rings. The van der Waals surface area contributed by atoms with Crippen molar-refractivity contribution in [3.05, 3.63) is 77.9 Å². The van der Waals surface area contributed by atoms with E-state index in [1.807, 2.05) is 0 Å². The number of rotatable bonds is 12. The van der Waals surface area contributed by atoms with Crippen LogP contribution < -0.4 is 4.74 Å². The van der Waals surface area contributed by atoms with Crippen molar-refractivity contribution in [2.45, 2.75) is 32.1 Å². The van der Waals surface area contributed by atoms with Crippen molar-refractivity contribution in [3.63, 3.8) is 0 Å². The summed E-state index contributed by atoms with van der Waals surface area (Å²) in [6, 6.07) is 16.3. The maximum Gasteiger partial charge on any atom is 0.330 e. The molecule has 0 heterocycles. The van der Waals surface area contributed by atoms with E-state index in [9.17, 15) is 9.59 Å². The highest BCUT2D eigenvalue weighted by Gasteiger charge is 2.07. The molecule has 0 bridgehead atoms. The van der Waals surface area contributed by atoms with Crippen LogP contribution in [0.5, 0.6) is 5.75 Å². The number of esters is 1. The summed E-state index contributed by atoms with van der Waals surface area (Å²) < 4.78 is 10.6. The summed E-state index contributed by atoms with van der Waals surface area (Å²) in [6.07, 6.45) is 5.17. The van der Waals surface area contributed by atoms with Crippen LogP contribution in [-0.4, -0.2) is 25.0 Å². The monoisotopic (exact) mass is 391 g/mol. The first kappa shape index (κ1) is 21.9. The number of nitriles is 1. The molecule has 0 atom stereocenters. The molecule has 0 unspecified atom stereocenters. The molecule has 0 radical (unpaired) electrons. The number of ketones is 1. The van der Waals surface area contributed by atoms with E-state index in [0.717, 1.165) is 37.0 Å². The predicted molar refractivity (Wildman–Crippen MR) is 111 cm³/mol.